The van der Waals surface area contributed by atoms with Crippen molar-refractivity contribution in [3.63, 3.8) is 0 Å². The lowest BCUT2D eigenvalue weighted by atomic mass is 9.89. The van der Waals surface area contributed by atoms with Gasteiger partial charge in [0.05, 0.1) is 12.7 Å². The van der Waals surface area contributed by atoms with Crippen LogP contribution < -0.4 is 20.7 Å². The standard InChI is InChI=1S/C38H46N4O2/c1-7-16-33(29-17-14-11-15-18-29)34(30-19-12-9-10-13-20-30)37-41-36(40-28(4)26-39-25-27(3)8-2)35(38(43)42(37)5)31-21-23-32(44-6)24-22-31/h11-12,14-26,39-41H,7-10,13H2,1-6H3/b27-25+,28-26+,33-16-,37-34-. The normalized spacial score (nSPS) is 17.6. The first-order chi connectivity index (χ1) is 21.4. The number of amides is 1. The van der Waals surface area contributed by atoms with Gasteiger partial charge in [0.1, 0.15) is 17.4 Å². The second-order valence-corrected chi connectivity index (χ2v) is 11.0. The van der Waals surface area contributed by atoms with Crippen LogP contribution in [0.1, 0.15) is 70.9 Å². The first-order valence-electron chi connectivity index (χ1n) is 15.5. The minimum Gasteiger partial charge on any atom is -0.497 e. The van der Waals surface area contributed by atoms with Crippen molar-refractivity contribution in [3.05, 3.63) is 136 Å². The molecule has 2 aromatic carbocycles. The zero-order valence-corrected chi connectivity index (χ0v) is 27.0. The van der Waals surface area contributed by atoms with Gasteiger partial charge in [-0.1, -0.05) is 86.2 Å². The van der Waals surface area contributed by atoms with E-state index >= 15 is 0 Å². The average molecular weight is 591 g/mol. The summed E-state index contributed by atoms with van der Waals surface area (Å²) in [6, 6.07) is 18.0. The number of nitrogens with zero attached hydrogens (tertiary/aromatic N) is 1. The van der Waals surface area contributed by atoms with Gasteiger partial charge in [-0.3, -0.25) is 9.69 Å². The highest BCUT2D eigenvalue weighted by Gasteiger charge is 2.33. The molecule has 1 aliphatic heterocycles. The Kier molecular flexibility index (Phi) is 11.5. The molecular formula is C38H46N4O2. The second kappa shape index (κ2) is 15.7. The third-order valence-corrected chi connectivity index (χ3v) is 7.76. The molecule has 0 saturated heterocycles. The van der Waals surface area contributed by atoms with E-state index in [4.69, 9.17) is 4.74 Å². The highest BCUT2D eigenvalue weighted by Crippen LogP contribution is 2.37. The van der Waals surface area contributed by atoms with Gasteiger partial charge in [-0.15, -0.1) is 0 Å². The van der Waals surface area contributed by atoms with Crippen molar-refractivity contribution in [2.24, 2.45) is 0 Å². The van der Waals surface area contributed by atoms with E-state index in [0.29, 0.717) is 11.4 Å². The Bertz CT molecular complexity index is 1540. The minimum absolute atomic E-state index is 0.103. The predicted octanol–water partition coefficient (Wildman–Crippen LogP) is 8.15. The summed E-state index contributed by atoms with van der Waals surface area (Å²) >= 11 is 0. The third-order valence-electron chi connectivity index (χ3n) is 7.76. The summed E-state index contributed by atoms with van der Waals surface area (Å²) in [6.45, 7) is 8.35. The average Bonchev–Trinajstić information content (AvgIpc) is 3.33. The van der Waals surface area contributed by atoms with E-state index in [9.17, 15) is 4.79 Å². The fraction of sp³-hybridized carbons (Fsp3) is 0.289. The number of hydrogen-bond donors (Lipinski definition) is 3. The number of methoxy groups -OCH3 is 1. The van der Waals surface area contributed by atoms with Crippen molar-refractivity contribution in [2.45, 2.75) is 59.8 Å². The highest BCUT2D eigenvalue weighted by atomic mass is 16.5. The summed E-state index contributed by atoms with van der Waals surface area (Å²) < 4.78 is 5.39. The summed E-state index contributed by atoms with van der Waals surface area (Å²) in [7, 11) is 3.49. The lowest BCUT2D eigenvalue weighted by molar-refractivity contribution is -0.122. The first-order valence-corrected chi connectivity index (χ1v) is 15.5. The number of nitrogens with one attached hydrogen (secondary N) is 3. The van der Waals surface area contributed by atoms with Gasteiger partial charge in [0.25, 0.3) is 5.91 Å². The number of carbonyl (C=O) groups excluding carboxylic acids is 1. The summed E-state index contributed by atoms with van der Waals surface area (Å²) in [5.74, 6) is 1.99. The zero-order valence-electron chi connectivity index (χ0n) is 27.0. The second-order valence-electron chi connectivity index (χ2n) is 11.0. The number of allylic oxidation sites excluding steroid dienone is 9. The number of benzene rings is 2. The van der Waals surface area contributed by atoms with E-state index in [2.05, 4.69) is 85.3 Å². The molecule has 0 aromatic heterocycles. The summed E-state index contributed by atoms with van der Waals surface area (Å²) in [5.41, 5.74) is 7.76. The SMILES string of the molecule is CC/C=C(\C(C1=CCCCC=C1)=C1\NC(N/C(C)=C/N/C=C(\C)CC)=C(c2ccc(OC)cc2)C(=O)N1C)c1ccccc1. The molecule has 0 fully saturated rings. The molecule has 0 bridgehead atoms. The third kappa shape index (κ3) is 7.81. The largest absolute Gasteiger partial charge is 0.497 e. The summed E-state index contributed by atoms with van der Waals surface area (Å²) in [4.78, 5) is 16.2. The lowest BCUT2D eigenvalue weighted by Crippen LogP contribution is -2.44. The molecule has 4 rings (SSSR count). The van der Waals surface area contributed by atoms with Crippen LogP contribution in [0.5, 0.6) is 5.75 Å². The van der Waals surface area contributed by atoms with Gasteiger partial charge < -0.3 is 20.7 Å². The fourth-order valence-electron chi connectivity index (χ4n) is 5.20. The van der Waals surface area contributed by atoms with Gasteiger partial charge >= 0.3 is 0 Å². The molecule has 0 unspecified atom stereocenters. The molecule has 2 aromatic rings. The van der Waals surface area contributed by atoms with Gasteiger partial charge in [0.2, 0.25) is 0 Å². The van der Waals surface area contributed by atoms with Crippen LogP contribution in [-0.2, 0) is 4.79 Å². The van der Waals surface area contributed by atoms with E-state index in [1.165, 1.54) is 5.57 Å². The molecule has 3 N–H and O–H groups in total. The lowest BCUT2D eigenvalue weighted by Gasteiger charge is -2.34. The Morgan fingerprint density at radius 3 is 2.45 bits per heavy atom. The molecule has 6 heteroatoms. The Balaban J connectivity index is 1.94. The molecule has 6 nitrogen and oxygen atoms in total. The van der Waals surface area contributed by atoms with Crippen LogP contribution in [-0.4, -0.2) is 25.0 Å². The highest BCUT2D eigenvalue weighted by molar-refractivity contribution is 6.21. The monoisotopic (exact) mass is 590 g/mol. The smallest absolute Gasteiger partial charge is 0.263 e. The molecular weight excluding hydrogens is 544 g/mol. The summed E-state index contributed by atoms with van der Waals surface area (Å²) in [5, 5.41) is 10.5. The fourth-order valence-corrected chi connectivity index (χ4v) is 5.20. The number of likely N-dealkylation sites (N-methyl/N-ethyl adjacent to an activating group) is 1. The number of ether oxygens (including phenoxy) is 1. The van der Waals surface area contributed by atoms with E-state index in [1.54, 1.807) is 12.0 Å². The van der Waals surface area contributed by atoms with Crippen LogP contribution in [0.2, 0.25) is 0 Å². The van der Waals surface area contributed by atoms with Crippen LogP contribution in [0.3, 0.4) is 0 Å². The van der Waals surface area contributed by atoms with Crippen LogP contribution in [0, 0.1) is 0 Å². The molecule has 1 amide bonds. The van der Waals surface area contributed by atoms with Gasteiger partial charge in [-0.25, -0.2) is 0 Å². The first kappa shape index (κ1) is 32.2. The Hall–Kier alpha value is -4.71. The molecule has 230 valence electrons. The molecule has 0 radical (unpaired) electrons. The number of hydrogen-bond acceptors (Lipinski definition) is 5. The molecule has 1 aliphatic carbocycles. The quantitative estimate of drug-likeness (QED) is 0.247. The van der Waals surface area contributed by atoms with Crippen LogP contribution in [0.15, 0.2) is 125 Å². The number of rotatable bonds is 11. The Morgan fingerprint density at radius 2 is 1.77 bits per heavy atom. The molecule has 0 saturated carbocycles. The van der Waals surface area contributed by atoms with Crippen LogP contribution >= 0.6 is 0 Å². The van der Waals surface area contributed by atoms with E-state index < -0.39 is 0 Å². The van der Waals surface area contributed by atoms with Crippen molar-refractivity contribution in [1.29, 1.82) is 0 Å². The van der Waals surface area contributed by atoms with Crippen LogP contribution in [0.4, 0.5) is 0 Å². The van der Waals surface area contributed by atoms with E-state index in [-0.39, 0.29) is 5.91 Å². The van der Waals surface area contributed by atoms with Crippen molar-refractivity contribution in [1.82, 2.24) is 20.9 Å². The van der Waals surface area contributed by atoms with E-state index in [1.807, 2.05) is 56.7 Å². The Morgan fingerprint density at radius 1 is 1.02 bits per heavy atom. The zero-order chi connectivity index (χ0) is 31.5. The van der Waals surface area contributed by atoms with Crippen molar-refractivity contribution < 1.29 is 9.53 Å². The topological polar surface area (TPSA) is 65.6 Å². The molecule has 0 spiro atoms. The minimum atomic E-state index is -0.103. The predicted molar refractivity (Wildman–Crippen MR) is 183 cm³/mol. The van der Waals surface area contributed by atoms with Gasteiger partial charge in [-0.2, -0.15) is 0 Å². The van der Waals surface area contributed by atoms with Crippen molar-refractivity contribution in [3.8, 4) is 5.75 Å². The van der Waals surface area contributed by atoms with Crippen molar-refractivity contribution >= 4 is 17.1 Å². The van der Waals surface area contributed by atoms with Crippen LogP contribution in [0.25, 0.3) is 11.1 Å². The van der Waals surface area contributed by atoms with Gasteiger partial charge in [-0.05, 0) is 86.6 Å². The maximum atomic E-state index is 14.4. The van der Waals surface area contributed by atoms with E-state index in [0.717, 1.165) is 77.2 Å². The molecule has 44 heavy (non-hydrogen) atoms. The molecule has 1 heterocycles. The molecule has 2 aliphatic rings. The molecule has 0 atom stereocenters. The van der Waals surface area contributed by atoms with Crippen molar-refractivity contribution in [2.75, 3.05) is 14.2 Å². The van der Waals surface area contributed by atoms with Gasteiger partial charge in [0.15, 0.2) is 0 Å². The maximum Gasteiger partial charge on any atom is 0.263 e. The maximum absolute atomic E-state index is 14.4. The summed E-state index contributed by atoms with van der Waals surface area (Å²) in [6.07, 6.45) is 17.8. The number of carbonyl (C=O) groups is 1. The Labute approximate surface area is 263 Å². The van der Waals surface area contributed by atoms with Gasteiger partial charge in [0, 0.05) is 24.5 Å².